The zero-order chi connectivity index (χ0) is 27.1. The van der Waals surface area contributed by atoms with Gasteiger partial charge in [-0.05, 0) is 24.3 Å². The lowest BCUT2D eigenvalue weighted by Crippen LogP contribution is -2.51. The van der Waals surface area contributed by atoms with E-state index in [2.05, 4.69) is 30.5 Å². The molecule has 2 aromatic carbocycles. The van der Waals surface area contributed by atoms with Crippen molar-refractivity contribution in [2.45, 2.75) is 37.3 Å². The van der Waals surface area contributed by atoms with Crippen LogP contribution in [0.5, 0.6) is 6.01 Å². The van der Waals surface area contributed by atoms with Gasteiger partial charge in [0, 0.05) is 60.3 Å². The van der Waals surface area contributed by atoms with E-state index in [4.69, 9.17) is 16.3 Å². The van der Waals surface area contributed by atoms with E-state index in [1.807, 2.05) is 30.3 Å². The zero-order valence-corrected chi connectivity index (χ0v) is 22.1. The highest BCUT2D eigenvalue weighted by molar-refractivity contribution is 6.36. The number of rotatable bonds is 3. The number of hydrogen-bond donors (Lipinski definition) is 2. The molecule has 4 aromatic rings. The SMILES string of the molecule is COc1nc(N2CC3CCC(C2)N3)c2cnc(-c3cccc4cccc(Cl)c34)c(F)c2n1.FC1(F)CCNC1. The molecule has 2 aromatic heterocycles. The number of aromatic nitrogens is 3. The number of ether oxygens (including phenoxy) is 1. The Kier molecular flexibility index (Phi) is 6.95. The minimum atomic E-state index is -2.42. The molecule has 3 aliphatic rings. The number of benzene rings is 2. The topological polar surface area (TPSA) is 75.2 Å². The molecule has 3 saturated heterocycles. The molecule has 7 nitrogen and oxygen atoms in total. The van der Waals surface area contributed by atoms with Gasteiger partial charge >= 0.3 is 6.01 Å². The van der Waals surface area contributed by atoms with Gasteiger partial charge in [0.25, 0.3) is 5.92 Å². The van der Waals surface area contributed by atoms with Gasteiger partial charge < -0.3 is 20.3 Å². The van der Waals surface area contributed by atoms with Crippen LogP contribution < -0.4 is 20.3 Å². The quantitative estimate of drug-likeness (QED) is 0.359. The van der Waals surface area contributed by atoms with E-state index >= 15 is 4.39 Å². The maximum atomic E-state index is 16.0. The van der Waals surface area contributed by atoms with E-state index in [0.717, 1.165) is 36.7 Å². The van der Waals surface area contributed by atoms with Crippen LogP contribution in [-0.2, 0) is 0 Å². The van der Waals surface area contributed by atoms with Crippen molar-refractivity contribution in [2.24, 2.45) is 0 Å². The summed E-state index contributed by atoms with van der Waals surface area (Å²) in [6, 6.07) is 12.3. The molecule has 3 aliphatic heterocycles. The number of fused-ring (bicyclic) bond motifs is 4. The van der Waals surface area contributed by atoms with Crippen molar-refractivity contribution < 1.29 is 17.9 Å². The molecule has 2 unspecified atom stereocenters. The first kappa shape index (κ1) is 26.0. The van der Waals surface area contributed by atoms with Gasteiger partial charge in [0.1, 0.15) is 17.0 Å². The Morgan fingerprint density at radius 1 is 1.08 bits per heavy atom. The molecule has 7 rings (SSSR count). The van der Waals surface area contributed by atoms with Gasteiger partial charge in [-0.3, -0.25) is 4.98 Å². The summed E-state index contributed by atoms with van der Waals surface area (Å²) >= 11 is 6.48. The molecule has 2 atom stereocenters. The average molecular weight is 557 g/mol. The van der Waals surface area contributed by atoms with Gasteiger partial charge in [-0.15, -0.1) is 0 Å². The summed E-state index contributed by atoms with van der Waals surface area (Å²) in [7, 11) is 1.50. The monoisotopic (exact) mass is 556 g/mol. The molecule has 3 fully saturated rings. The minimum Gasteiger partial charge on any atom is -0.467 e. The lowest BCUT2D eigenvalue weighted by atomic mass is 10.0. The maximum Gasteiger partial charge on any atom is 0.318 e. The van der Waals surface area contributed by atoms with Crippen molar-refractivity contribution in [2.75, 3.05) is 38.2 Å². The Morgan fingerprint density at radius 2 is 1.82 bits per heavy atom. The Morgan fingerprint density at radius 3 is 2.46 bits per heavy atom. The van der Waals surface area contributed by atoms with Crippen LogP contribution in [0.2, 0.25) is 5.02 Å². The molecule has 2 bridgehead atoms. The minimum absolute atomic E-state index is 0.00694. The first-order valence-electron chi connectivity index (χ1n) is 13.0. The number of methoxy groups -OCH3 is 1. The van der Waals surface area contributed by atoms with Gasteiger partial charge in [0.05, 0.1) is 19.0 Å². The molecule has 11 heteroatoms. The fourth-order valence-corrected chi connectivity index (χ4v) is 5.92. The third kappa shape index (κ3) is 5.08. The highest BCUT2D eigenvalue weighted by atomic mass is 35.5. The Labute approximate surface area is 228 Å². The number of hydrogen-bond acceptors (Lipinski definition) is 7. The van der Waals surface area contributed by atoms with Crippen molar-refractivity contribution >= 4 is 39.1 Å². The summed E-state index contributed by atoms with van der Waals surface area (Å²) in [4.78, 5) is 15.7. The third-order valence-electron chi connectivity index (χ3n) is 7.50. The third-order valence-corrected chi connectivity index (χ3v) is 7.82. The summed E-state index contributed by atoms with van der Waals surface area (Å²) in [5, 5.41) is 9.00. The first-order valence-corrected chi connectivity index (χ1v) is 13.4. The number of pyridine rings is 1. The molecular formula is C28H28ClF3N6O. The molecule has 0 spiro atoms. The number of alkyl halides is 2. The normalized spacial score (nSPS) is 21.7. The summed E-state index contributed by atoms with van der Waals surface area (Å²) in [5.41, 5.74) is 1.04. The molecule has 0 amide bonds. The van der Waals surface area contributed by atoms with Crippen molar-refractivity contribution in [3.63, 3.8) is 0 Å². The highest BCUT2D eigenvalue weighted by Crippen LogP contribution is 2.38. The molecular weight excluding hydrogens is 529 g/mol. The van der Waals surface area contributed by atoms with Gasteiger partial charge in [0.15, 0.2) is 5.82 Å². The molecule has 0 radical (unpaired) electrons. The molecule has 204 valence electrons. The first-order chi connectivity index (χ1) is 18.8. The lowest BCUT2D eigenvalue weighted by molar-refractivity contribution is 0.0238. The van der Waals surface area contributed by atoms with E-state index in [9.17, 15) is 8.78 Å². The summed E-state index contributed by atoms with van der Waals surface area (Å²) < 4.78 is 45.1. The summed E-state index contributed by atoms with van der Waals surface area (Å²) in [6.07, 6.45) is 3.95. The highest BCUT2D eigenvalue weighted by Gasteiger charge is 2.34. The fraction of sp³-hybridized carbons (Fsp3) is 0.393. The summed E-state index contributed by atoms with van der Waals surface area (Å²) in [5.74, 6) is -2.26. The van der Waals surface area contributed by atoms with E-state index in [0.29, 0.717) is 40.4 Å². The van der Waals surface area contributed by atoms with Crippen LogP contribution in [-0.4, -0.2) is 66.2 Å². The van der Waals surface area contributed by atoms with Crippen molar-refractivity contribution in [1.82, 2.24) is 25.6 Å². The van der Waals surface area contributed by atoms with Gasteiger partial charge in [0.2, 0.25) is 0 Å². The average Bonchev–Trinajstić information content (AvgIpc) is 3.51. The van der Waals surface area contributed by atoms with Crippen LogP contribution in [0.1, 0.15) is 19.3 Å². The zero-order valence-electron chi connectivity index (χ0n) is 21.4. The second-order valence-electron chi connectivity index (χ2n) is 10.2. The predicted octanol–water partition coefficient (Wildman–Crippen LogP) is 5.20. The predicted molar refractivity (Wildman–Crippen MR) is 146 cm³/mol. The second kappa shape index (κ2) is 10.4. The number of anilines is 1. The Hall–Kier alpha value is -3.21. The van der Waals surface area contributed by atoms with Crippen LogP contribution in [0.25, 0.3) is 32.9 Å². The van der Waals surface area contributed by atoms with Gasteiger partial charge in [-0.25, -0.2) is 13.2 Å². The van der Waals surface area contributed by atoms with Crippen LogP contribution in [0.4, 0.5) is 19.0 Å². The molecule has 39 heavy (non-hydrogen) atoms. The standard InChI is InChI=1S/C24H21ClFN5O.C4H7F2N/c1-32-24-29-22-17(23(30-24)31-11-14-8-9-15(12-31)28-14)10-27-21(20(22)26)16-6-2-4-13-5-3-7-18(25)19(13)16;5-4(6)1-2-7-3-4/h2-7,10,14-15,28H,8-9,11-12H2,1H3;7H,1-3H2. The number of piperazine rings is 1. The van der Waals surface area contributed by atoms with Crippen molar-refractivity contribution in [3.8, 4) is 17.3 Å². The summed E-state index contributed by atoms with van der Waals surface area (Å²) in [6.45, 7) is 1.96. The van der Waals surface area contributed by atoms with Crippen LogP contribution in [0.3, 0.4) is 0 Å². The van der Waals surface area contributed by atoms with E-state index in [1.165, 1.54) is 7.11 Å². The molecule has 2 N–H and O–H groups in total. The Bertz CT molecular complexity index is 1510. The fourth-order valence-electron chi connectivity index (χ4n) is 5.64. The van der Waals surface area contributed by atoms with Crippen molar-refractivity contribution in [1.29, 1.82) is 0 Å². The van der Waals surface area contributed by atoms with Gasteiger partial charge in [-0.1, -0.05) is 41.9 Å². The van der Waals surface area contributed by atoms with Crippen LogP contribution in [0, 0.1) is 5.82 Å². The molecule has 0 aliphatic carbocycles. The molecule has 5 heterocycles. The van der Waals surface area contributed by atoms with Gasteiger partial charge in [-0.2, -0.15) is 9.97 Å². The van der Waals surface area contributed by atoms with E-state index in [1.54, 1.807) is 12.3 Å². The van der Waals surface area contributed by atoms with E-state index in [-0.39, 0.29) is 30.2 Å². The maximum absolute atomic E-state index is 16.0. The lowest BCUT2D eigenvalue weighted by Gasteiger charge is -2.34. The number of nitrogens with one attached hydrogen (secondary N) is 2. The largest absolute Gasteiger partial charge is 0.467 e. The number of nitrogens with zero attached hydrogens (tertiary/aromatic N) is 4. The van der Waals surface area contributed by atoms with Crippen molar-refractivity contribution in [3.05, 3.63) is 53.4 Å². The Balaban J connectivity index is 0.000000346. The second-order valence-corrected chi connectivity index (χ2v) is 10.6. The number of halogens is 4. The van der Waals surface area contributed by atoms with E-state index < -0.39 is 11.7 Å². The smallest absolute Gasteiger partial charge is 0.318 e. The van der Waals surface area contributed by atoms with Crippen LogP contribution in [0.15, 0.2) is 42.6 Å². The molecule has 0 saturated carbocycles. The van der Waals surface area contributed by atoms with Crippen LogP contribution >= 0.6 is 11.6 Å².